The number of halogens is 1. The summed E-state index contributed by atoms with van der Waals surface area (Å²) < 4.78 is 18.9. The van der Waals surface area contributed by atoms with E-state index in [0.29, 0.717) is 23.8 Å². The molecule has 4 atom stereocenters. The van der Waals surface area contributed by atoms with Gasteiger partial charge < -0.3 is 10.1 Å². The van der Waals surface area contributed by atoms with E-state index in [1.807, 2.05) is 12.1 Å². The van der Waals surface area contributed by atoms with Crippen LogP contribution in [0.3, 0.4) is 0 Å². The Morgan fingerprint density at radius 3 is 2.63 bits per heavy atom. The number of fused-ring (bicyclic) bond motifs is 2. The molecule has 1 amide bonds. The molecule has 0 unspecified atom stereocenters. The summed E-state index contributed by atoms with van der Waals surface area (Å²) in [7, 11) is 0. The molecule has 0 aliphatic heterocycles. The normalized spacial score (nSPS) is 24.6. The number of benzene rings is 2. The highest BCUT2D eigenvalue weighted by molar-refractivity contribution is 5.97. The zero-order valence-electron chi connectivity index (χ0n) is 15.7. The molecule has 0 heterocycles. The van der Waals surface area contributed by atoms with E-state index in [1.54, 1.807) is 24.3 Å². The van der Waals surface area contributed by atoms with Gasteiger partial charge in [0, 0.05) is 6.04 Å². The summed E-state index contributed by atoms with van der Waals surface area (Å²) in [6.45, 7) is 2.43. The van der Waals surface area contributed by atoms with Crippen molar-refractivity contribution < 1.29 is 13.9 Å². The van der Waals surface area contributed by atoms with Gasteiger partial charge in [-0.2, -0.15) is 0 Å². The predicted molar refractivity (Wildman–Crippen MR) is 103 cm³/mol. The smallest absolute Gasteiger partial charge is 0.255 e. The lowest BCUT2D eigenvalue weighted by molar-refractivity contribution is 0.0910. The van der Waals surface area contributed by atoms with Crippen molar-refractivity contribution in [1.82, 2.24) is 5.32 Å². The zero-order chi connectivity index (χ0) is 18.8. The Balaban J connectivity index is 1.40. The summed E-state index contributed by atoms with van der Waals surface area (Å²) >= 11 is 0. The van der Waals surface area contributed by atoms with Gasteiger partial charge in [0.15, 0.2) is 0 Å². The Morgan fingerprint density at radius 2 is 1.93 bits per heavy atom. The second kappa shape index (κ2) is 7.71. The van der Waals surface area contributed by atoms with Gasteiger partial charge in [-0.25, -0.2) is 4.39 Å². The fraction of sp³-hybridized carbons (Fsp3) is 0.435. The molecule has 0 spiro atoms. The summed E-state index contributed by atoms with van der Waals surface area (Å²) in [5, 5.41) is 3.20. The maximum atomic E-state index is 13.0. The zero-order valence-corrected chi connectivity index (χ0v) is 15.7. The minimum atomic E-state index is -0.270. The number of amides is 1. The second-order valence-electron chi connectivity index (χ2n) is 8.01. The van der Waals surface area contributed by atoms with E-state index in [9.17, 15) is 9.18 Å². The standard InChI is InChI=1S/C23H26FNO2/c1-15(21-13-17-6-9-18(21)12-17)25-23(26)20-4-2-3-5-22(20)27-14-16-7-10-19(24)11-8-16/h2-5,7-8,10-11,15,17-18,21H,6,9,12-14H2,1H3,(H,25,26)/t15-,17+,18+,21+/m1/s1. The molecule has 1 N–H and O–H groups in total. The summed E-state index contributed by atoms with van der Waals surface area (Å²) in [6.07, 6.45) is 5.26. The van der Waals surface area contributed by atoms with Gasteiger partial charge in [0.2, 0.25) is 0 Å². The van der Waals surface area contributed by atoms with Gasteiger partial charge >= 0.3 is 0 Å². The van der Waals surface area contributed by atoms with Crippen LogP contribution in [0.5, 0.6) is 5.75 Å². The first-order chi connectivity index (χ1) is 13.1. The number of ether oxygens (including phenoxy) is 1. The molecule has 2 fully saturated rings. The van der Waals surface area contributed by atoms with Gasteiger partial charge in [0.05, 0.1) is 5.56 Å². The van der Waals surface area contributed by atoms with Crippen LogP contribution in [0.15, 0.2) is 48.5 Å². The Kier molecular flexibility index (Phi) is 5.15. The number of para-hydroxylation sites is 1. The van der Waals surface area contributed by atoms with Crippen molar-refractivity contribution in [2.24, 2.45) is 17.8 Å². The van der Waals surface area contributed by atoms with E-state index in [1.165, 1.54) is 37.8 Å². The van der Waals surface area contributed by atoms with Crippen LogP contribution < -0.4 is 10.1 Å². The molecular formula is C23H26FNO2. The van der Waals surface area contributed by atoms with Crippen molar-refractivity contribution >= 4 is 5.91 Å². The van der Waals surface area contributed by atoms with Crippen LogP contribution in [-0.2, 0) is 6.61 Å². The van der Waals surface area contributed by atoms with Crippen LogP contribution in [0, 0.1) is 23.6 Å². The molecule has 2 aromatic carbocycles. The van der Waals surface area contributed by atoms with Crippen molar-refractivity contribution in [3.63, 3.8) is 0 Å². The molecule has 2 aliphatic carbocycles. The van der Waals surface area contributed by atoms with Gasteiger partial charge in [0.25, 0.3) is 5.91 Å². The van der Waals surface area contributed by atoms with Gasteiger partial charge in [-0.15, -0.1) is 0 Å². The summed E-state index contributed by atoms with van der Waals surface area (Å²) in [5.74, 6) is 2.44. The Labute approximate surface area is 159 Å². The van der Waals surface area contributed by atoms with E-state index in [0.717, 1.165) is 17.4 Å². The number of carbonyl (C=O) groups excluding carboxylic acids is 1. The first-order valence-electron chi connectivity index (χ1n) is 9.87. The van der Waals surface area contributed by atoms with Crippen molar-refractivity contribution in [2.45, 2.75) is 45.3 Å². The lowest BCUT2D eigenvalue weighted by atomic mass is 9.84. The van der Waals surface area contributed by atoms with Crippen molar-refractivity contribution in [2.75, 3.05) is 0 Å². The third kappa shape index (κ3) is 4.00. The van der Waals surface area contributed by atoms with Gasteiger partial charge in [0.1, 0.15) is 18.2 Å². The van der Waals surface area contributed by atoms with Crippen LogP contribution >= 0.6 is 0 Å². The fourth-order valence-corrected chi connectivity index (χ4v) is 4.82. The molecular weight excluding hydrogens is 341 g/mol. The van der Waals surface area contributed by atoms with E-state index >= 15 is 0 Å². The first-order valence-corrected chi connectivity index (χ1v) is 9.87. The minimum absolute atomic E-state index is 0.0834. The first kappa shape index (κ1) is 18.0. The Bertz CT molecular complexity index is 804. The average molecular weight is 367 g/mol. The average Bonchev–Trinajstić information content (AvgIpc) is 3.31. The highest BCUT2D eigenvalue weighted by Gasteiger charge is 2.42. The molecule has 4 heteroatoms. The highest BCUT2D eigenvalue weighted by atomic mass is 19.1. The van der Waals surface area contributed by atoms with Crippen molar-refractivity contribution in [1.29, 1.82) is 0 Å². The molecule has 3 nitrogen and oxygen atoms in total. The molecule has 4 rings (SSSR count). The number of hydrogen-bond acceptors (Lipinski definition) is 2. The molecule has 2 aromatic rings. The molecule has 0 aromatic heterocycles. The molecule has 0 saturated heterocycles. The van der Waals surface area contributed by atoms with Crippen LogP contribution in [0.25, 0.3) is 0 Å². The molecule has 2 aliphatic rings. The lowest BCUT2D eigenvalue weighted by Gasteiger charge is -2.28. The molecule has 27 heavy (non-hydrogen) atoms. The maximum Gasteiger partial charge on any atom is 0.255 e. The summed E-state index contributed by atoms with van der Waals surface area (Å²) in [5.41, 5.74) is 1.41. The Morgan fingerprint density at radius 1 is 1.15 bits per heavy atom. The van der Waals surface area contributed by atoms with Gasteiger partial charge in [-0.3, -0.25) is 4.79 Å². The molecule has 2 saturated carbocycles. The number of carbonyl (C=O) groups is 1. The quantitative estimate of drug-likeness (QED) is 0.784. The third-order valence-electron chi connectivity index (χ3n) is 6.23. The van der Waals surface area contributed by atoms with Crippen LogP contribution in [0.2, 0.25) is 0 Å². The third-order valence-corrected chi connectivity index (χ3v) is 6.23. The van der Waals surface area contributed by atoms with Gasteiger partial charge in [-0.1, -0.05) is 30.7 Å². The summed E-state index contributed by atoms with van der Waals surface area (Å²) in [6, 6.07) is 13.7. The SMILES string of the molecule is C[C@@H](NC(=O)c1ccccc1OCc1ccc(F)cc1)[C@@H]1C[C@H]2CC[C@H]1C2. The van der Waals surface area contributed by atoms with Crippen LogP contribution in [-0.4, -0.2) is 11.9 Å². The van der Waals surface area contributed by atoms with Crippen LogP contribution in [0.1, 0.15) is 48.5 Å². The van der Waals surface area contributed by atoms with E-state index in [-0.39, 0.29) is 17.8 Å². The van der Waals surface area contributed by atoms with E-state index in [4.69, 9.17) is 4.74 Å². The van der Waals surface area contributed by atoms with E-state index in [2.05, 4.69) is 12.2 Å². The van der Waals surface area contributed by atoms with E-state index < -0.39 is 0 Å². The maximum absolute atomic E-state index is 13.0. The van der Waals surface area contributed by atoms with Crippen molar-refractivity contribution in [3.8, 4) is 5.75 Å². The highest BCUT2D eigenvalue weighted by Crippen LogP contribution is 2.49. The molecule has 142 valence electrons. The topological polar surface area (TPSA) is 38.3 Å². The predicted octanol–water partition coefficient (Wildman–Crippen LogP) is 4.96. The molecule has 0 radical (unpaired) electrons. The largest absolute Gasteiger partial charge is 0.488 e. The second-order valence-corrected chi connectivity index (χ2v) is 8.01. The molecule has 2 bridgehead atoms. The minimum Gasteiger partial charge on any atom is -0.488 e. The Hall–Kier alpha value is -2.36. The van der Waals surface area contributed by atoms with Gasteiger partial charge in [-0.05, 0) is 73.8 Å². The monoisotopic (exact) mass is 367 g/mol. The number of rotatable bonds is 6. The van der Waals surface area contributed by atoms with Crippen molar-refractivity contribution in [3.05, 3.63) is 65.5 Å². The number of nitrogens with one attached hydrogen (secondary N) is 1. The summed E-state index contributed by atoms with van der Waals surface area (Å²) in [4.78, 5) is 12.9. The van der Waals surface area contributed by atoms with Crippen LogP contribution in [0.4, 0.5) is 4.39 Å². The fourth-order valence-electron chi connectivity index (χ4n) is 4.82. The lowest BCUT2D eigenvalue weighted by Crippen LogP contribution is -2.40. The number of hydrogen-bond donors (Lipinski definition) is 1.